The Labute approximate surface area is 146 Å². The first kappa shape index (κ1) is 16.8. The van der Waals surface area contributed by atoms with Gasteiger partial charge in [-0.2, -0.15) is 0 Å². The maximum absolute atomic E-state index is 12.3. The Bertz CT molecular complexity index is 910. The second-order valence-electron chi connectivity index (χ2n) is 5.92. The molecular weight excluding hydrogens is 316 g/mol. The number of carbonyl (C=O) groups is 2. The van der Waals surface area contributed by atoms with E-state index in [4.69, 9.17) is 0 Å². The number of ether oxygens (including phenoxy) is 1. The Balaban J connectivity index is 1.63. The number of rotatable bonds is 5. The van der Waals surface area contributed by atoms with Gasteiger partial charge in [-0.15, -0.1) is 0 Å². The monoisotopic (exact) mass is 336 g/mol. The molecule has 0 spiro atoms. The second kappa shape index (κ2) is 7.21. The molecule has 3 rings (SSSR count). The van der Waals surface area contributed by atoms with E-state index in [2.05, 4.69) is 15.0 Å². The average molecular weight is 336 g/mol. The van der Waals surface area contributed by atoms with Gasteiger partial charge in [0.15, 0.2) is 0 Å². The third kappa shape index (κ3) is 3.71. The van der Waals surface area contributed by atoms with E-state index in [-0.39, 0.29) is 11.9 Å². The van der Waals surface area contributed by atoms with Crippen molar-refractivity contribution in [2.75, 3.05) is 7.11 Å². The smallest absolute Gasteiger partial charge is 0.337 e. The first-order chi connectivity index (χ1) is 12.1. The van der Waals surface area contributed by atoms with Gasteiger partial charge in [0, 0.05) is 23.1 Å². The topological polar surface area (TPSA) is 71.2 Å². The van der Waals surface area contributed by atoms with Crippen LogP contribution in [0.5, 0.6) is 0 Å². The van der Waals surface area contributed by atoms with Crippen molar-refractivity contribution in [2.45, 2.75) is 19.9 Å². The normalized spacial score (nSPS) is 10.6. The van der Waals surface area contributed by atoms with Crippen LogP contribution in [0.1, 0.15) is 27.2 Å². The van der Waals surface area contributed by atoms with E-state index in [0.717, 1.165) is 27.7 Å². The molecule has 2 aromatic carbocycles. The van der Waals surface area contributed by atoms with E-state index < -0.39 is 0 Å². The number of fused-ring (bicyclic) bond motifs is 1. The Morgan fingerprint density at radius 2 is 1.80 bits per heavy atom. The molecule has 128 valence electrons. The fraction of sp³-hybridized carbons (Fsp3) is 0.200. The third-order valence-corrected chi connectivity index (χ3v) is 4.23. The molecule has 5 heteroatoms. The number of aromatic amines is 1. The van der Waals surface area contributed by atoms with Gasteiger partial charge in [-0.1, -0.05) is 30.3 Å². The van der Waals surface area contributed by atoms with E-state index >= 15 is 0 Å². The van der Waals surface area contributed by atoms with Crippen LogP contribution in [-0.4, -0.2) is 24.0 Å². The van der Waals surface area contributed by atoms with Crippen LogP contribution < -0.4 is 5.32 Å². The van der Waals surface area contributed by atoms with Crippen molar-refractivity contribution in [3.8, 4) is 0 Å². The predicted octanol–water partition coefficient (Wildman–Crippen LogP) is 3.12. The third-order valence-electron chi connectivity index (χ3n) is 4.23. The summed E-state index contributed by atoms with van der Waals surface area (Å²) in [6, 6.07) is 15.0. The lowest BCUT2D eigenvalue weighted by molar-refractivity contribution is -0.120. The number of aryl methyl sites for hydroxylation is 1. The molecule has 0 saturated heterocycles. The van der Waals surface area contributed by atoms with Gasteiger partial charge in [0.25, 0.3) is 0 Å². The number of nitrogens with one attached hydrogen (secondary N) is 2. The van der Waals surface area contributed by atoms with E-state index in [9.17, 15) is 9.59 Å². The van der Waals surface area contributed by atoms with Crippen molar-refractivity contribution in [1.82, 2.24) is 10.3 Å². The van der Waals surface area contributed by atoms with Crippen LogP contribution in [0.4, 0.5) is 0 Å². The molecule has 0 atom stereocenters. The number of hydrogen-bond donors (Lipinski definition) is 2. The summed E-state index contributed by atoms with van der Waals surface area (Å²) < 4.78 is 4.67. The van der Waals surface area contributed by atoms with Crippen LogP contribution in [0.25, 0.3) is 10.9 Å². The standard InChI is InChI=1S/C20H20N2O3/c1-13-17(16-5-3-4-6-18(16)22-13)11-19(23)21-12-14-7-9-15(10-8-14)20(24)25-2/h3-10,22H,11-12H2,1-2H3,(H,21,23). The molecule has 0 aliphatic rings. The van der Waals surface area contributed by atoms with E-state index in [1.54, 1.807) is 12.1 Å². The highest BCUT2D eigenvalue weighted by atomic mass is 16.5. The number of hydrogen-bond acceptors (Lipinski definition) is 3. The van der Waals surface area contributed by atoms with Crippen LogP contribution in [0.3, 0.4) is 0 Å². The Morgan fingerprint density at radius 3 is 2.52 bits per heavy atom. The summed E-state index contributed by atoms with van der Waals surface area (Å²) in [5.74, 6) is -0.407. The fourth-order valence-electron chi connectivity index (χ4n) is 2.86. The van der Waals surface area contributed by atoms with Gasteiger partial charge < -0.3 is 15.0 Å². The van der Waals surface area contributed by atoms with Gasteiger partial charge in [0.2, 0.25) is 5.91 Å². The first-order valence-corrected chi connectivity index (χ1v) is 8.08. The first-order valence-electron chi connectivity index (χ1n) is 8.08. The van der Waals surface area contributed by atoms with Crippen LogP contribution in [0.15, 0.2) is 48.5 Å². The SMILES string of the molecule is COC(=O)c1ccc(CNC(=O)Cc2c(C)[nH]c3ccccc23)cc1. The number of aromatic nitrogens is 1. The summed E-state index contributed by atoms with van der Waals surface area (Å²) >= 11 is 0. The van der Waals surface area contributed by atoms with Gasteiger partial charge in [0.05, 0.1) is 19.1 Å². The summed E-state index contributed by atoms with van der Waals surface area (Å²) in [6.45, 7) is 2.40. The quantitative estimate of drug-likeness (QED) is 0.703. The Morgan fingerprint density at radius 1 is 1.08 bits per heavy atom. The Kier molecular flexibility index (Phi) is 4.84. The van der Waals surface area contributed by atoms with Crippen LogP contribution >= 0.6 is 0 Å². The van der Waals surface area contributed by atoms with Crippen LogP contribution in [-0.2, 0) is 22.5 Å². The number of carbonyl (C=O) groups excluding carboxylic acids is 2. The summed E-state index contributed by atoms with van der Waals surface area (Å²) in [5, 5.41) is 4.00. The fourth-order valence-corrected chi connectivity index (χ4v) is 2.86. The number of H-pyrrole nitrogens is 1. The van der Waals surface area contributed by atoms with Crippen molar-refractivity contribution in [3.63, 3.8) is 0 Å². The van der Waals surface area contributed by atoms with Gasteiger partial charge in [-0.05, 0) is 36.2 Å². The van der Waals surface area contributed by atoms with E-state index in [0.29, 0.717) is 18.5 Å². The highest BCUT2D eigenvalue weighted by Crippen LogP contribution is 2.22. The summed E-state index contributed by atoms with van der Waals surface area (Å²) in [7, 11) is 1.35. The zero-order chi connectivity index (χ0) is 17.8. The van der Waals surface area contributed by atoms with Crippen molar-refractivity contribution in [1.29, 1.82) is 0 Å². The molecule has 0 unspecified atom stereocenters. The maximum atomic E-state index is 12.3. The highest BCUT2D eigenvalue weighted by molar-refractivity contribution is 5.90. The van der Waals surface area contributed by atoms with Crippen molar-refractivity contribution < 1.29 is 14.3 Å². The molecule has 5 nitrogen and oxygen atoms in total. The second-order valence-corrected chi connectivity index (χ2v) is 5.92. The molecule has 0 saturated carbocycles. The van der Waals surface area contributed by atoms with Gasteiger partial charge in [-0.25, -0.2) is 4.79 Å². The zero-order valence-electron chi connectivity index (χ0n) is 14.3. The van der Waals surface area contributed by atoms with Crippen molar-refractivity contribution in [2.24, 2.45) is 0 Å². The summed E-state index contributed by atoms with van der Waals surface area (Å²) in [5.41, 5.74) is 4.50. The number of para-hydroxylation sites is 1. The van der Waals surface area contributed by atoms with Gasteiger partial charge >= 0.3 is 5.97 Å². The van der Waals surface area contributed by atoms with Crippen molar-refractivity contribution in [3.05, 3.63) is 70.9 Å². The summed E-state index contributed by atoms with van der Waals surface area (Å²) in [6.07, 6.45) is 0.329. The molecule has 0 aliphatic carbocycles. The van der Waals surface area contributed by atoms with Crippen LogP contribution in [0, 0.1) is 6.92 Å². The molecule has 1 aromatic heterocycles. The molecular formula is C20H20N2O3. The van der Waals surface area contributed by atoms with Gasteiger partial charge in [0.1, 0.15) is 0 Å². The maximum Gasteiger partial charge on any atom is 0.337 e. The van der Waals surface area contributed by atoms with Gasteiger partial charge in [-0.3, -0.25) is 4.79 Å². The molecule has 0 fully saturated rings. The number of methoxy groups -OCH3 is 1. The number of amides is 1. The minimum atomic E-state index is -0.370. The number of benzene rings is 2. The summed E-state index contributed by atoms with van der Waals surface area (Å²) in [4.78, 5) is 27.0. The average Bonchev–Trinajstić information content (AvgIpc) is 2.95. The molecule has 3 aromatic rings. The van der Waals surface area contributed by atoms with E-state index in [1.165, 1.54) is 7.11 Å². The lowest BCUT2D eigenvalue weighted by Crippen LogP contribution is -2.24. The zero-order valence-corrected chi connectivity index (χ0v) is 14.3. The molecule has 1 heterocycles. The minimum Gasteiger partial charge on any atom is -0.465 e. The van der Waals surface area contributed by atoms with Crippen LogP contribution in [0.2, 0.25) is 0 Å². The van der Waals surface area contributed by atoms with Crippen molar-refractivity contribution >= 4 is 22.8 Å². The molecule has 1 amide bonds. The minimum absolute atomic E-state index is 0.0371. The predicted molar refractivity (Wildman–Crippen MR) is 96.4 cm³/mol. The molecule has 0 aliphatic heterocycles. The molecule has 0 bridgehead atoms. The highest BCUT2D eigenvalue weighted by Gasteiger charge is 2.12. The number of esters is 1. The molecule has 25 heavy (non-hydrogen) atoms. The largest absolute Gasteiger partial charge is 0.465 e. The molecule has 0 radical (unpaired) electrons. The van der Waals surface area contributed by atoms with E-state index in [1.807, 2.05) is 43.3 Å². The molecule has 2 N–H and O–H groups in total. The Hall–Kier alpha value is -3.08. The lowest BCUT2D eigenvalue weighted by atomic mass is 10.1. The lowest BCUT2D eigenvalue weighted by Gasteiger charge is -2.07.